The Morgan fingerprint density at radius 3 is 2.47 bits per heavy atom. The van der Waals surface area contributed by atoms with E-state index in [1.165, 1.54) is 10.5 Å². The van der Waals surface area contributed by atoms with E-state index >= 15 is 0 Å². The van der Waals surface area contributed by atoms with E-state index < -0.39 is 0 Å². The second-order valence-corrected chi connectivity index (χ2v) is 5.16. The van der Waals surface area contributed by atoms with Gasteiger partial charge in [0.1, 0.15) is 5.75 Å². The molecule has 1 atom stereocenters. The molecule has 2 nitrogen and oxygen atoms in total. The first kappa shape index (κ1) is 13.8. The lowest BCUT2D eigenvalue weighted by Crippen LogP contribution is -2.08. The Hall–Kier alpha value is -1.61. The molecule has 0 amide bonds. The van der Waals surface area contributed by atoms with Crippen LogP contribution in [0, 0.1) is 0 Å². The molecule has 1 N–H and O–H groups in total. The highest BCUT2D eigenvalue weighted by Gasteiger charge is 2.11. The van der Waals surface area contributed by atoms with Crippen LogP contribution in [-0.4, -0.2) is 13.4 Å². The first-order valence-corrected chi connectivity index (χ1v) is 7.51. The molecule has 1 unspecified atom stereocenters. The molecule has 3 heteroatoms. The molecule has 0 saturated heterocycles. The van der Waals surface area contributed by atoms with Crippen LogP contribution >= 0.6 is 11.8 Å². The van der Waals surface area contributed by atoms with Gasteiger partial charge >= 0.3 is 0 Å². The molecule has 19 heavy (non-hydrogen) atoms. The van der Waals surface area contributed by atoms with Gasteiger partial charge in [-0.3, -0.25) is 0 Å². The predicted molar refractivity (Wildman–Crippen MR) is 83.3 cm³/mol. The van der Waals surface area contributed by atoms with Crippen molar-refractivity contribution in [3.05, 3.63) is 54.1 Å². The molecule has 0 radical (unpaired) electrons. The number of rotatable bonds is 5. The summed E-state index contributed by atoms with van der Waals surface area (Å²) in [6.45, 7) is 2.15. The van der Waals surface area contributed by atoms with Gasteiger partial charge in [0, 0.05) is 16.1 Å². The van der Waals surface area contributed by atoms with Crippen molar-refractivity contribution < 1.29 is 4.74 Å². The molecule has 0 aliphatic carbocycles. The minimum Gasteiger partial charge on any atom is -0.496 e. The lowest BCUT2D eigenvalue weighted by molar-refractivity contribution is 0.408. The second-order valence-electron chi connectivity index (χ2n) is 4.31. The Morgan fingerprint density at radius 1 is 1.05 bits per heavy atom. The number of benzene rings is 2. The number of nitrogens with one attached hydrogen (secondary N) is 1. The number of ether oxygens (including phenoxy) is 1. The van der Waals surface area contributed by atoms with Crippen molar-refractivity contribution in [2.24, 2.45) is 0 Å². The average Bonchev–Trinajstić information content (AvgIpc) is 2.47. The minimum absolute atomic E-state index is 0.199. The van der Waals surface area contributed by atoms with E-state index in [2.05, 4.69) is 48.8 Å². The van der Waals surface area contributed by atoms with E-state index in [4.69, 9.17) is 4.74 Å². The second kappa shape index (κ2) is 6.53. The van der Waals surface area contributed by atoms with Crippen molar-refractivity contribution in [2.75, 3.05) is 18.7 Å². The Bertz CT molecular complexity index is 542. The van der Waals surface area contributed by atoms with Gasteiger partial charge in [0.2, 0.25) is 0 Å². The van der Waals surface area contributed by atoms with Crippen LogP contribution in [0.15, 0.2) is 53.4 Å². The van der Waals surface area contributed by atoms with E-state index in [0.717, 1.165) is 11.4 Å². The highest BCUT2D eigenvalue weighted by atomic mass is 32.2. The fraction of sp³-hybridized carbons (Fsp3) is 0.250. The zero-order valence-electron chi connectivity index (χ0n) is 11.5. The third-order valence-corrected chi connectivity index (χ3v) is 3.88. The smallest absolute Gasteiger partial charge is 0.124 e. The monoisotopic (exact) mass is 273 g/mol. The van der Waals surface area contributed by atoms with E-state index in [1.807, 2.05) is 18.2 Å². The Morgan fingerprint density at radius 2 is 1.74 bits per heavy atom. The number of thioether (sulfide) groups is 1. The van der Waals surface area contributed by atoms with E-state index in [9.17, 15) is 0 Å². The van der Waals surface area contributed by atoms with Crippen LogP contribution in [0.1, 0.15) is 18.5 Å². The average molecular weight is 273 g/mol. The van der Waals surface area contributed by atoms with Crippen molar-refractivity contribution >= 4 is 17.4 Å². The molecule has 0 spiro atoms. The van der Waals surface area contributed by atoms with Gasteiger partial charge in [-0.1, -0.05) is 30.3 Å². The van der Waals surface area contributed by atoms with Crippen molar-refractivity contribution in [3.8, 4) is 5.75 Å². The van der Waals surface area contributed by atoms with Crippen LogP contribution in [0.25, 0.3) is 0 Å². The number of hydrogen-bond acceptors (Lipinski definition) is 3. The summed E-state index contributed by atoms with van der Waals surface area (Å²) < 4.78 is 5.42. The fourth-order valence-corrected chi connectivity index (χ4v) is 2.66. The molecule has 100 valence electrons. The summed E-state index contributed by atoms with van der Waals surface area (Å²) in [6.07, 6.45) is 2.09. The standard InChI is InChI=1S/C16H19NOS/c1-12(13-8-4-6-10-15(13)18-2)17-14-9-5-7-11-16(14)19-3/h4-12,17H,1-3H3. The number of para-hydroxylation sites is 2. The van der Waals surface area contributed by atoms with Gasteiger partial charge in [0.25, 0.3) is 0 Å². The SMILES string of the molecule is COc1ccccc1C(C)Nc1ccccc1SC. The zero-order valence-corrected chi connectivity index (χ0v) is 12.3. The quantitative estimate of drug-likeness (QED) is 0.805. The Kier molecular flexibility index (Phi) is 4.74. The number of anilines is 1. The third kappa shape index (κ3) is 3.24. The van der Waals surface area contributed by atoms with E-state index in [0.29, 0.717) is 0 Å². The van der Waals surface area contributed by atoms with Gasteiger partial charge in [-0.05, 0) is 31.4 Å². The van der Waals surface area contributed by atoms with Gasteiger partial charge in [-0.25, -0.2) is 0 Å². The zero-order chi connectivity index (χ0) is 13.7. The highest BCUT2D eigenvalue weighted by Crippen LogP contribution is 2.31. The Labute approximate surface area is 119 Å². The van der Waals surface area contributed by atoms with Gasteiger partial charge in [-0.15, -0.1) is 11.8 Å². The molecular formula is C16H19NOS. The number of hydrogen-bond donors (Lipinski definition) is 1. The maximum Gasteiger partial charge on any atom is 0.124 e. The first-order valence-electron chi connectivity index (χ1n) is 6.28. The van der Waals surface area contributed by atoms with Gasteiger partial charge < -0.3 is 10.1 Å². The highest BCUT2D eigenvalue weighted by molar-refractivity contribution is 7.98. The topological polar surface area (TPSA) is 21.3 Å². The fourth-order valence-electron chi connectivity index (χ4n) is 2.10. The summed E-state index contributed by atoms with van der Waals surface area (Å²) in [6, 6.07) is 16.7. The van der Waals surface area contributed by atoms with Crippen LogP contribution in [0.2, 0.25) is 0 Å². The van der Waals surface area contributed by atoms with Crippen LogP contribution in [0.5, 0.6) is 5.75 Å². The summed E-state index contributed by atoms with van der Waals surface area (Å²) in [7, 11) is 1.71. The largest absolute Gasteiger partial charge is 0.496 e. The summed E-state index contributed by atoms with van der Waals surface area (Å²) in [4.78, 5) is 1.25. The molecule has 0 aliphatic heterocycles. The van der Waals surface area contributed by atoms with Crippen molar-refractivity contribution in [2.45, 2.75) is 17.9 Å². The molecule has 0 heterocycles. The summed E-state index contributed by atoms with van der Waals surface area (Å²) in [5, 5.41) is 3.55. The number of methoxy groups -OCH3 is 1. The van der Waals surface area contributed by atoms with Crippen molar-refractivity contribution in [1.29, 1.82) is 0 Å². The van der Waals surface area contributed by atoms with Gasteiger partial charge in [0.15, 0.2) is 0 Å². The molecule has 0 saturated carbocycles. The van der Waals surface area contributed by atoms with E-state index in [1.54, 1.807) is 18.9 Å². The molecule has 2 aromatic carbocycles. The van der Waals surface area contributed by atoms with Crippen LogP contribution < -0.4 is 10.1 Å². The van der Waals surface area contributed by atoms with Crippen molar-refractivity contribution in [1.82, 2.24) is 0 Å². The van der Waals surface area contributed by atoms with Gasteiger partial charge in [0.05, 0.1) is 13.2 Å². The maximum absolute atomic E-state index is 5.42. The maximum atomic E-state index is 5.42. The van der Waals surface area contributed by atoms with Crippen LogP contribution in [0.4, 0.5) is 5.69 Å². The summed E-state index contributed by atoms with van der Waals surface area (Å²) in [5.74, 6) is 0.920. The van der Waals surface area contributed by atoms with Crippen LogP contribution in [0.3, 0.4) is 0 Å². The lowest BCUT2D eigenvalue weighted by atomic mass is 10.1. The molecular weight excluding hydrogens is 254 g/mol. The summed E-state index contributed by atoms with van der Waals surface area (Å²) in [5.41, 5.74) is 2.33. The lowest BCUT2D eigenvalue weighted by Gasteiger charge is -2.19. The molecule has 0 fully saturated rings. The first-order chi connectivity index (χ1) is 9.26. The van der Waals surface area contributed by atoms with Crippen molar-refractivity contribution in [3.63, 3.8) is 0 Å². The predicted octanol–water partition coefficient (Wildman–Crippen LogP) is 4.59. The minimum atomic E-state index is 0.199. The third-order valence-electron chi connectivity index (χ3n) is 3.08. The normalized spacial score (nSPS) is 11.9. The molecule has 0 bridgehead atoms. The molecule has 0 aromatic heterocycles. The van der Waals surface area contributed by atoms with Gasteiger partial charge in [-0.2, -0.15) is 0 Å². The van der Waals surface area contributed by atoms with Crippen LogP contribution in [-0.2, 0) is 0 Å². The Balaban J connectivity index is 2.23. The summed E-state index contributed by atoms with van der Waals surface area (Å²) >= 11 is 1.75. The molecule has 0 aliphatic rings. The molecule has 2 aromatic rings. The van der Waals surface area contributed by atoms with E-state index in [-0.39, 0.29) is 6.04 Å². The molecule has 2 rings (SSSR count).